The van der Waals surface area contributed by atoms with E-state index in [0.29, 0.717) is 12.0 Å². The molecule has 0 bridgehead atoms. The van der Waals surface area contributed by atoms with E-state index in [1.54, 1.807) is 4.68 Å². The number of rotatable bonds is 5. The highest BCUT2D eigenvalue weighted by Gasteiger charge is 2.28. The second-order valence-corrected chi connectivity index (χ2v) is 7.33. The van der Waals surface area contributed by atoms with E-state index in [2.05, 4.69) is 48.3 Å². The number of aryl methyl sites for hydroxylation is 1. The molecule has 0 saturated carbocycles. The summed E-state index contributed by atoms with van der Waals surface area (Å²) in [5, 5.41) is 10.2. The van der Waals surface area contributed by atoms with Gasteiger partial charge in [-0.1, -0.05) is 27.7 Å². The number of hydrogen-bond acceptors (Lipinski definition) is 3. The maximum absolute atomic E-state index is 12.0. The molecule has 22 heavy (non-hydrogen) atoms. The summed E-state index contributed by atoms with van der Waals surface area (Å²) in [4.78, 5) is 14.4. The predicted molar refractivity (Wildman–Crippen MR) is 89.2 cm³/mol. The van der Waals surface area contributed by atoms with Gasteiger partial charge in [0.05, 0.1) is 11.4 Å². The number of nitrogens with one attached hydrogen (secondary N) is 2. The number of carbonyl (C=O) groups is 1. The van der Waals surface area contributed by atoms with Gasteiger partial charge >= 0.3 is 6.03 Å². The zero-order valence-electron chi connectivity index (χ0n) is 14.4. The average molecular weight is 307 g/mol. The average Bonchev–Trinajstić information content (AvgIpc) is 2.92. The van der Waals surface area contributed by atoms with Crippen molar-refractivity contribution in [3.8, 4) is 0 Å². The van der Waals surface area contributed by atoms with Crippen LogP contribution in [0, 0.1) is 5.41 Å². The molecule has 124 valence electrons. The molecule has 2 heterocycles. The Balaban J connectivity index is 1.77. The largest absolute Gasteiger partial charge is 0.337 e. The zero-order chi connectivity index (χ0) is 16.3. The first-order chi connectivity index (χ1) is 10.3. The van der Waals surface area contributed by atoms with Crippen LogP contribution in [-0.2, 0) is 7.05 Å². The summed E-state index contributed by atoms with van der Waals surface area (Å²) in [6, 6.07) is -0.159. The second-order valence-electron chi connectivity index (χ2n) is 7.33. The molecule has 1 aromatic heterocycles. The highest BCUT2D eigenvalue weighted by Crippen LogP contribution is 2.28. The molecule has 0 spiro atoms. The smallest absolute Gasteiger partial charge is 0.319 e. The van der Waals surface area contributed by atoms with E-state index in [4.69, 9.17) is 0 Å². The number of anilines is 1. The van der Waals surface area contributed by atoms with Gasteiger partial charge in [0.25, 0.3) is 0 Å². The van der Waals surface area contributed by atoms with E-state index < -0.39 is 0 Å². The van der Waals surface area contributed by atoms with E-state index in [1.165, 1.54) is 6.42 Å². The molecule has 1 saturated heterocycles. The van der Waals surface area contributed by atoms with Crippen LogP contribution in [0.2, 0.25) is 0 Å². The summed E-state index contributed by atoms with van der Waals surface area (Å²) < 4.78 is 1.73. The van der Waals surface area contributed by atoms with Crippen LogP contribution in [0.25, 0.3) is 0 Å². The summed E-state index contributed by atoms with van der Waals surface area (Å²) in [6.45, 7) is 12.5. The van der Waals surface area contributed by atoms with Gasteiger partial charge in [-0.25, -0.2) is 4.79 Å². The SMILES string of the molecule is CC(C)c1nn(C)cc1NC(=O)NCCN1CCC(C)(C)C1. The van der Waals surface area contributed by atoms with E-state index >= 15 is 0 Å². The van der Waals surface area contributed by atoms with Crippen LogP contribution in [0.5, 0.6) is 0 Å². The molecule has 0 atom stereocenters. The molecule has 1 aromatic rings. The van der Waals surface area contributed by atoms with Gasteiger partial charge in [-0.15, -0.1) is 0 Å². The highest BCUT2D eigenvalue weighted by atomic mass is 16.2. The Labute approximate surface area is 133 Å². The van der Waals surface area contributed by atoms with Crippen molar-refractivity contribution in [2.75, 3.05) is 31.5 Å². The first kappa shape index (κ1) is 16.8. The van der Waals surface area contributed by atoms with Gasteiger partial charge in [0.15, 0.2) is 0 Å². The fourth-order valence-electron chi connectivity index (χ4n) is 2.94. The van der Waals surface area contributed by atoms with Gasteiger partial charge in [-0.2, -0.15) is 5.10 Å². The van der Waals surface area contributed by atoms with Crippen molar-refractivity contribution >= 4 is 11.7 Å². The van der Waals surface area contributed by atoms with E-state index in [0.717, 1.165) is 31.0 Å². The van der Waals surface area contributed by atoms with Crippen LogP contribution in [-0.4, -0.2) is 46.9 Å². The molecule has 0 unspecified atom stereocenters. The maximum Gasteiger partial charge on any atom is 0.319 e. The highest BCUT2D eigenvalue weighted by molar-refractivity contribution is 5.89. The molecule has 1 aliphatic rings. The molecule has 0 radical (unpaired) electrons. The Bertz CT molecular complexity index is 521. The molecule has 6 nitrogen and oxygen atoms in total. The quantitative estimate of drug-likeness (QED) is 0.878. The van der Waals surface area contributed by atoms with Gasteiger partial charge in [0, 0.05) is 32.9 Å². The lowest BCUT2D eigenvalue weighted by atomic mass is 9.93. The minimum absolute atomic E-state index is 0.159. The fraction of sp³-hybridized carbons (Fsp3) is 0.750. The summed E-state index contributed by atoms with van der Waals surface area (Å²) >= 11 is 0. The van der Waals surface area contributed by atoms with Crippen LogP contribution >= 0.6 is 0 Å². The van der Waals surface area contributed by atoms with Gasteiger partial charge < -0.3 is 15.5 Å². The standard InChI is InChI=1S/C16H29N5O/c1-12(2)14-13(10-20(5)19-14)18-15(22)17-7-9-21-8-6-16(3,4)11-21/h10,12H,6-9,11H2,1-5H3,(H2,17,18,22). The van der Waals surface area contributed by atoms with Crippen molar-refractivity contribution in [2.24, 2.45) is 12.5 Å². The molecule has 1 aliphatic heterocycles. The molecule has 0 aliphatic carbocycles. The lowest BCUT2D eigenvalue weighted by Crippen LogP contribution is -2.36. The van der Waals surface area contributed by atoms with Gasteiger partial charge in [0.2, 0.25) is 0 Å². The number of aromatic nitrogens is 2. The molecule has 2 rings (SSSR count). The molecule has 6 heteroatoms. The number of likely N-dealkylation sites (tertiary alicyclic amines) is 1. The Hall–Kier alpha value is -1.56. The topological polar surface area (TPSA) is 62.2 Å². The van der Waals surface area contributed by atoms with Crippen LogP contribution in [0.15, 0.2) is 6.20 Å². The number of nitrogens with zero attached hydrogens (tertiary/aromatic N) is 3. The van der Waals surface area contributed by atoms with E-state index in [1.807, 2.05) is 13.2 Å². The van der Waals surface area contributed by atoms with Crippen LogP contribution in [0.4, 0.5) is 10.5 Å². The predicted octanol–water partition coefficient (Wildman–Crippen LogP) is 2.40. The number of urea groups is 1. The molecular formula is C16H29N5O. The van der Waals surface area contributed by atoms with Crippen LogP contribution in [0.3, 0.4) is 0 Å². The first-order valence-corrected chi connectivity index (χ1v) is 8.07. The first-order valence-electron chi connectivity index (χ1n) is 8.07. The van der Waals surface area contributed by atoms with Crippen molar-refractivity contribution in [1.29, 1.82) is 0 Å². The van der Waals surface area contributed by atoms with E-state index in [-0.39, 0.29) is 11.9 Å². The summed E-state index contributed by atoms with van der Waals surface area (Å²) in [5.41, 5.74) is 2.11. The molecule has 0 aromatic carbocycles. The number of hydrogen-bond donors (Lipinski definition) is 2. The Morgan fingerprint density at radius 1 is 1.45 bits per heavy atom. The maximum atomic E-state index is 12.0. The minimum atomic E-state index is -0.159. The van der Waals surface area contributed by atoms with Crippen LogP contribution < -0.4 is 10.6 Å². The Morgan fingerprint density at radius 2 is 2.18 bits per heavy atom. The minimum Gasteiger partial charge on any atom is -0.337 e. The number of amides is 2. The van der Waals surface area contributed by atoms with Gasteiger partial charge in [-0.3, -0.25) is 4.68 Å². The van der Waals surface area contributed by atoms with Gasteiger partial charge in [0.1, 0.15) is 0 Å². The molecule has 2 amide bonds. The summed E-state index contributed by atoms with van der Waals surface area (Å²) in [7, 11) is 1.87. The number of carbonyl (C=O) groups excluding carboxylic acids is 1. The van der Waals surface area contributed by atoms with Crippen molar-refractivity contribution in [3.05, 3.63) is 11.9 Å². The molecule has 2 N–H and O–H groups in total. The van der Waals surface area contributed by atoms with Crippen molar-refractivity contribution in [3.63, 3.8) is 0 Å². The normalized spacial score (nSPS) is 17.9. The van der Waals surface area contributed by atoms with Crippen molar-refractivity contribution < 1.29 is 4.79 Å². The van der Waals surface area contributed by atoms with Crippen molar-refractivity contribution in [2.45, 2.75) is 40.0 Å². The molecule has 1 fully saturated rings. The summed E-state index contributed by atoms with van der Waals surface area (Å²) in [5.74, 6) is 0.281. The Morgan fingerprint density at radius 3 is 2.77 bits per heavy atom. The van der Waals surface area contributed by atoms with Gasteiger partial charge in [-0.05, 0) is 24.3 Å². The molecular weight excluding hydrogens is 278 g/mol. The summed E-state index contributed by atoms with van der Waals surface area (Å²) in [6.07, 6.45) is 3.07. The lowest BCUT2D eigenvalue weighted by Gasteiger charge is -2.19. The third-order valence-corrected chi connectivity index (χ3v) is 4.12. The third kappa shape index (κ3) is 4.47. The monoisotopic (exact) mass is 307 g/mol. The van der Waals surface area contributed by atoms with E-state index in [9.17, 15) is 4.79 Å². The third-order valence-electron chi connectivity index (χ3n) is 4.12. The lowest BCUT2D eigenvalue weighted by molar-refractivity contribution is 0.247. The fourth-order valence-corrected chi connectivity index (χ4v) is 2.94. The zero-order valence-corrected chi connectivity index (χ0v) is 14.4. The van der Waals surface area contributed by atoms with Crippen molar-refractivity contribution in [1.82, 2.24) is 20.0 Å². The van der Waals surface area contributed by atoms with Crippen LogP contribution in [0.1, 0.15) is 45.7 Å². The Kier molecular flexibility index (Phi) is 5.11. The second kappa shape index (κ2) is 6.69.